The van der Waals surface area contributed by atoms with Crippen molar-refractivity contribution in [1.29, 1.82) is 0 Å². The largest absolute Gasteiger partial charge is 0.391 e. The Morgan fingerprint density at radius 3 is 2.47 bits per heavy atom. The van der Waals surface area contributed by atoms with Gasteiger partial charge in [-0.25, -0.2) is 8.42 Å². The normalized spacial score (nSPS) is 12.0. The Labute approximate surface area is 106 Å². The second-order valence-corrected chi connectivity index (χ2v) is 6.52. The first-order valence-electron chi connectivity index (χ1n) is 5.50. The summed E-state index contributed by atoms with van der Waals surface area (Å²) in [6.07, 6.45) is 0.656. The molecule has 98 valence electrons. The lowest BCUT2D eigenvalue weighted by Gasteiger charge is -2.03. The first-order valence-corrected chi connectivity index (χ1v) is 7.70. The van der Waals surface area contributed by atoms with Crippen LogP contribution in [0.2, 0.25) is 5.15 Å². The van der Waals surface area contributed by atoms with E-state index in [-0.39, 0.29) is 24.7 Å². The fourth-order valence-electron chi connectivity index (χ4n) is 1.48. The molecule has 0 fully saturated rings. The summed E-state index contributed by atoms with van der Waals surface area (Å²) in [7, 11) is -3.03. The van der Waals surface area contributed by atoms with E-state index >= 15 is 0 Å². The molecule has 1 rings (SSSR count). The van der Waals surface area contributed by atoms with Gasteiger partial charge in [-0.1, -0.05) is 25.4 Å². The number of hydrogen-bond donors (Lipinski definition) is 1. The third-order valence-electron chi connectivity index (χ3n) is 2.61. The van der Waals surface area contributed by atoms with Gasteiger partial charge >= 0.3 is 0 Å². The summed E-state index contributed by atoms with van der Waals surface area (Å²) < 4.78 is 24.2. The predicted octanol–water partition coefficient (Wildman–Crippen LogP) is 1.03. The van der Waals surface area contributed by atoms with E-state index in [1.165, 1.54) is 4.68 Å². The summed E-state index contributed by atoms with van der Waals surface area (Å²) in [4.78, 5) is 0. The number of aliphatic hydroxyl groups excluding tert-OH is 1. The van der Waals surface area contributed by atoms with Crippen LogP contribution >= 0.6 is 11.6 Å². The van der Waals surface area contributed by atoms with Gasteiger partial charge in [0.15, 0.2) is 9.84 Å². The molecule has 0 aliphatic rings. The van der Waals surface area contributed by atoms with Crippen molar-refractivity contribution in [3.8, 4) is 0 Å². The molecule has 7 heteroatoms. The van der Waals surface area contributed by atoms with Gasteiger partial charge in [0.05, 0.1) is 24.6 Å². The summed E-state index contributed by atoms with van der Waals surface area (Å²) in [5, 5.41) is 13.7. The van der Waals surface area contributed by atoms with E-state index in [4.69, 9.17) is 16.7 Å². The Morgan fingerprint density at radius 1 is 1.41 bits per heavy atom. The standard InChI is InChI=1S/C10H17ClN2O3S/c1-3-9-8(7-14)10(11)13(12-9)5-6-17(15,16)4-2/h14H,3-7H2,1-2H3. The number of nitrogens with zero attached hydrogens (tertiary/aromatic N) is 2. The van der Waals surface area contributed by atoms with Crippen LogP contribution in [0.4, 0.5) is 0 Å². The van der Waals surface area contributed by atoms with Crippen LogP contribution in [0.3, 0.4) is 0 Å². The Morgan fingerprint density at radius 2 is 2.06 bits per heavy atom. The molecule has 0 aromatic carbocycles. The molecule has 0 bridgehead atoms. The first-order chi connectivity index (χ1) is 7.95. The smallest absolute Gasteiger partial charge is 0.151 e. The van der Waals surface area contributed by atoms with Crippen LogP contribution in [-0.2, 0) is 29.4 Å². The van der Waals surface area contributed by atoms with Crippen LogP contribution in [0.15, 0.2) is 0 Å². The average molecular weight is 281 g/mol. The molecule has 0 atom stereocenters. The van der Waals surface area contributed by atoms with E-state index in [2.05, 4.69) is 5.10 Å². The number of aliphatic hydroxyl groups is 1. The average Bonchev–Trinajstić information content (AvgIpc) is 2.62. The summed E-state index contributed by atoms with van der Waals surface area (Å²) >= 11 is 6.03. The van der Waals surface area contributed by atoms with Crippen molar-refractivity contribution in [1.82, 2.24) is 9.78 Å². The van der Waals surface area contributed by atoms with Crippen molar-refractivity contribution < 1.29 is 13.5 Å². The Bertz CT molecular complexity index is 482. The molecule has 0 amide bonds. The Hall–Kier alpha value is -0.590. The zero-order valence-corrected chi connectivity index (χ0v) is 11.6. The molecule has 17 heavy (non-hydrogen) atoms. The highest BCUT2D eigenvalue weighted by molar-refractivity contribution is 7.91. The number of halogens is 1. The van der Waals surface area contributed by atoms with Crippen molar-refractivity contribution in [3.05, 3.63) is 16.4 Å². The van der Waals surface area contributed by atoms with Crippen LogP contribution in [0.5, 0.6) is 0 Å². The second kappa shape index (κ2) is 5.84. The third-order valence-corrected chi connectivity index (χ3v) is 4.72. The molecule has 0 aliphatic carbocycles. The number of hydrogen-bond acceptors (Lipinski definition) is 4. The van der Waals surface area contributed by atoms with Crippen molar-refractivity contribution in [2.45, 2.75) is 33.4 Å². The Kier molecular flexibility index (Phi) is 4.97. The molecule has 1 heterocycles. The van der Waals surface area contributed by atoms with Crippen molar-refractivity contribution in [2.24, 2.45) is 0 Å². The zero-order chi connectivity index (χ0) is 13.1. The summed E-state index contributed by atoms with van der Waals surface area (Å²) in [5.74, 6) is 0.123. The lowest BCUT2D eigenvalue weighted by Crippen LogP contribution is -2.15. The zero-order valence-electron chi connectivity index (χ0n) is 9.98. The van der Waals surface area contributed by atoms with E-state index in [9.17, 15) is 8.42 Å². The topological polar surface area (TPSA) is 72.2 Å². The monoisotopic (exact) mass is 280 g/mol. The van der Waals surface area contributed by atoms with Crippen molar-refractivity contribution in [2.75, 3.05) is 11.5 Å². The van der Waals surface area contributed by atoms with Gasteiger partial charge in [0.2, 0.25) is 0 Å². The highest BCUT2D eigenvalue weighted by Gasteiger charge is 2.16. The van der Waals surface area contributed by atoms with E-state index in [0.29, 0.717) is 22.8 Å². The van der Waals surface area contributed by atoms with Crippen molar-refractivity contribution in [3.63, 3.8) is 0 Å². The first kappa shape index (κ1) is 14.5. The molecule has 0 radical (unpaired) electrons. The molecule has 0 unspecified atom stereocenters. The van der Waals surface area contributed by atoms with Gasteiger partial charge in [-0.05, 0) is 6.42 Å². The maximum Gasteiger partial charge on any atom is 0.151 e. The molecule has 1 aromatic heterocycles. The van der Waals surface area contributed by atoms with Gasteiger partial charge in [0, 0.05) is 11.3 Å². The number of sulfone groups is 1. The summed E-state index contributed by atoms with van der Waals surface area (Å²) in [6.45, 7) is 3.56. The van der Waals surface area contributed by atoms with E-state index in [0.717, 1.165) is 0 Å². The molecule has 1 aromatic rings. The number of rotatable bonds is 6. The van der Waals surface area contributed by atoms with Crippen LogP contribution in [0, 0.1) is 0 Å². The van der Waals surface area contributed by atoms with Crippen LogP contribution < -0.4 is 0 Å². The van der Waals surface area contributed by atoms with Gasteiger partial charge in [-0.15, -0.1) is 0 Å². The lowest BCUT2D eigenvalue weighted by molar-refractivity contribution is 0.280. The molecule has 0 saturated carbocycles. The molecule has 0 spiro atoms. The number of aryl methyl sites for hydroxylation is 2. The maximum atomic E-state index is 11.4. The Balaban J connectivity index is 2.89. The van der Waals surface area contributed by atoms with Gasteiger partial charge in [-0.2, -0.15) is 5.10 Å². The minimum Gasteiger partial charge on any atom is -0.391 e. The van der Waals surface area contributed by atoms with Gasteiger partial charge < -0.3 is 5.11 Å². The van der Waals surface area contributed by atoms with E-state index in [1.807, 2.05) is 6.92 Å². The SMILES string of the molecule is CCc1nn(CCS(=O)(=O)CC)c(Cl)c1CO. The minimum atomic E-state index is -3.03. The minimum absolute atomic E-state index is 0.0128. The fourth-order valence-corrected chi connectivity index (χ4v) is 2.51. The molecule has 1 N–H and O–H groups in total. The van der Waals surface area contributed by atoms with Gasteiger partial charge in [0.1, 0.15) is 5.15 Å². The van der Waals surface area contributed by atoms with Gasteiger partial charge in [0.25, 0.3) is 0 Å². The molecule has 5 nitrogen and oxygen atoms in total. The number of aromatic nitrogens is 2. The van der Waals surface area contributed by atoms with E-state index < -0.39 is 9.84 Å². The quantitative estimate of drug-likeness (QED) is 0.845. The molecular formula is C10H17ClN2O3S. The highest BCUT2D eigenvalue weighted by atomic mass is 35.5. The van der Waals surface area contributed by atoms with Crippen LogP contribution in [-0.4, -0.2) is 34.8 Å². The molecule has 0 aliphatic heterocycles. The van der Waals surface area contributed by atoms with Gasteiger partial charge in [-0.3, -0.25) is 4.68 Å². The summed E-state index contributed by atoms with van der Waals surface area (Å²) in [5.41, 5.74) is 1.30. The lowest BCUT2D eigenvalue weighted by atomic mass is 10.2. The van der Waals surface area contributed by atoms with Crippen molar-refractivity contribution >= 4 is 21.4 Å². The molecular weight excluding hydrogens is 264 g/mol. The molecule has 0 saturated heterocycles. The maximum absolute atomic E-state index is 11.4. The second-order valence-electron chi connectivity index (χ2n) is 3.69. The predicted molar refractivity (Wildman–Crippen MR) is 66.9 cm³/mol. The fraction of sp³-hybridized carbons (Fsp3) is 0.700. The van der Waals surface area contributed by atoms with Crippen LogP contribution in [0.25, 0.3) is 0 Å². The van der Waals surface area contributed by atoms with Crippen LogP contribution in [0.1, 0.15) is 25.1 Å². The highest BCUT2D eigenvalue weighted by Crippen LogP contribution is 2.20. The summed E-state index contributed by atoms with van der Waals surface area (Å²) in [6, 6.07) is 0. The van der Waals surface area contributed by atoms with E-state index in [1.54, 1.807) is 6.92 Å². The third kappa shape index (κ3) is 3.43.